The molecule has 1 heteroatoms. The van der Waals surface area contributed by atoms with Gasteiger partial charge in [0.15, 0.2) is 0 Å². The second-order valence-electron chi connectivity index (χ2n) is 14.3. The number of rotatable bonds is 6. The Morgan fingerprint density at radius 1 is 0.419 bits per heavy atom. The maximum Gasteiger partial charge on any atom is 0.0893 e. The van der Waals surface area contributed by atoms with Crippen LogP contribution in [0.1, 0.15) is 89.9 Å². The lowest BCUT2D eigenvalue weighted by Gasteiger charge is -2.41. The van der Waals surface area contributed by atoms with Crippen LogP contribution >= 0.6 is 0 Å². The first-order valence-electron chi connectivity index (χ1n) is 16.1. The predicted molar refractivity (Wildman–Crippen MR) is 187 cm³/mol. The molecule has 0 N–H and O–H groups in total. The van der Waals surface area contributed by atoms with Gasteiger partial charge in [-0.2, -0.15) is 0 Å². The third-order valence-corrected chi connectivity index (χ3v) is 9.25. The molecule has 0 heterocycles. The second-order valence-corrected chi connectivity index (χ2v) is 14.3. The summed E-state index contributed by atoms with van der Waals surface area (Å²) in [6.07, 6.45) is 1.71. The number of hydrogen-bond donors (Lipinski definition) is 0. The number of ether oxygens (including phenoxy) is 1. The molecule has 0 unspecified atom stereocenters. The number of benzene rings is 6. The molecule has 43 heavy (non-hydrogen) atoms. The van der Waals surface area contributed by atoms with Gasteiger partial charge in [-0.3, -0.25) is 0 Å². The average Bonchev–Trinajstić information content (AvgIpc) is 2.99. The van der Waals surface area contributed by atoms with E-state index in [0.29, 0.717) is 0 Å². The van der Waals surface area contributed by atoms with Gasteiger partial charge in [0.2, 0.25) is 0 Å². The van der Waals surface area contributed by atoms with E-state index in [1.807, 2.05) is 0 Å². The van der Waals surface area contributed by atoms with Gasteiger partial charge in [-0.05, 0) is 89.0 Å². The zero-order chi connectivity index (χ0) is 30.5. The molecule has 6 rings (SSSR count). The van der Waals surface area contributed by atoms with Crippen LogP contribution in [0.5, 0.6) is 0 Å². The Labute approximate surface area is 257 Å². The zero-order valence-corrected chi connectivity index (χ0v) is 27.2. The Balaban J connectivity index is 1.69. The molecule has 0 bridgehead atoms. The van der Waals surface area contributed by atoms with E-state index >= 15 is 0 Å². The van der Waals surface area contributed by atoms with E-state index in [1.165, 1.54) is 65.3 Å². The number of fused-ring (bicyclic) bond motifs is 4. The van der Waals surface area contributed by atoms with E-state index in [-0.39, 0.29) is 23.0 Å². The average molecular weight is 567 g/mol. The van der Waals surface area contributed by atoms with Crippen LogP contribution in [0.3, 0.4) is 0 Å². The second kappa shape index (κ2) is 11.1. The Morgan fingerprint density at radius 2 is 0.651 bits per heavy atom. The van der Waals surface area contributed by atoms with Crippen molar-refractivity contribution in [1.82, 2.24) is 0 Å². The molecule has 0 spiro atoms. The van der Waals surface area contributed by atoms with Crippen molar-refractivity contribution in [2.24, 2.45) is 10.8 Å². The molecule has 2 atom stereocenters. The van der Waals surface area contributed by atoms with Crippen LogP contribution in [0.4, 0.5) is 0 Å². The highest BCUT2D eigenvalue weighted by molar-refractivity contribution is 6.07. The van der Waals surface area contributed by atoms with Crippen molar-refractivity contribution in [2.75, 3.05) is 0 Å². The molecule has 0 aromatic heterocycles. The highest BCUT2D eigenvalue weighted by atomic mass is 16.5. The lowest BCUT2D eigenvalue weighted by atomic mass is 9.76. The highest BCUT2D eigenvalue weighted by Crippen LogP contribution is 2.52. The smallest absolute Gasteiger partial charge is 0.0893 e. The molecule has 6 aromatic rings. The normalized spacial score (nSPS) is 14.1. The number of aryl methyl sites for hydroxylation is 2. The van der Waals surface area contributed by atoms with Crippen LogP contribution in [-0.4, -0.2) is 0 Å². The minimum absolute atomic E-state index is 0.138. The van der Waals surface area contributed by atoms with Crippen molar-refractivity contribution in [3.05, 3.63) is 119 Å². The van der Waals surface area contributed by atoms with Gasteiger partial charge in [0, 0.05) is 0 Å². The van der Waals surface area contributed by atoms with Gasteiger partial charge >= 0.3 is 0 Å². The fourth-order valence-corrected chi connectivity index (χ4v) is 7.38. The minimum atomic E-state index is -0.155. The molecule has 220 valence electrons. The molecule has 0 amide bonds. The highest BCUT2D eigenvalue weighted by Gasteiger charge is 2.39. The van der Waals surface area contributed by atoms with Crippen LogP contribution in [0.2, 0.25) is 0 Å². The lowest BCUT2D eigenvalue weighted by Crippen LogP contribution is -2.30. The van der Waals surface area contributed by atoms with Crippen LogP contribution in [0.25, 0.3) is 43.1 Å². The summed E-state index contributed by atoms with van der Waals surface area (Å²) in [4.78, 5) is 0. The molecule has 1 nitrogen and oxygen atoms in total. The summed E-state index contributed by atoms with van der Waals surface area (Å²) in [7, 11) is 0. The molecule has 0 fully saturated rings. The van der Waals surface area contributed by atoms with Gasteiger partial charge in [-0.15, -0.1) is 0 Å². The Bertz CT molecular complexity index is 1690. The van der Waals surface area contributed by atoms with Gasteiger partial charge in [0.05, 0.1) is 12.2 Å². The Kier molecular flexibility index (Phi) is 7.59. The van der Waals surface area contributed by atoms with E-state index in [4.69, 9.17) is 4.74 Å². The van der Waals surface area contributed by atoms with Crippen molar-refractivity contribution >= 4 is 43.1 Å². The molecule has 0 aliphatic heterocycles. The summed E-state index contributed by atoms with van der Waals surface area (Å²) < 4.78 is 7.73. The van der Waals surface area contributed by atoms with Crippen molar-refractivity contribution < 1.29 is 4.74 Å². The summed E-state index contributed by atoms with van der Waals surface area (Å²) in [6.45, 7) is 18.6. The fourth-order valence-electron chi connectivity index (χ4n) is 7.38. The van der Waals surface area contributed by atoms with Gasteiger partial charge in [0.1, 0.15) is 0 Å². The van der Waals surface area contributed by atoms with Gasteiger partial charge in [0.25, 0.3) is 0 Å². The Morgan fingerprint density at radius 3 is 0.860 bits per heavy atom. The maximum atomic E-state index is 7.73. The summed E-state index contributed by atoms with van der Waals surface area (Å²) in [6, 6.07) is 35.9. The van der Waals surface area contributed by atoms with Crippen molar-refractivity contribution in [3.63, 3.8) is 0 Å². The van der Waals surface area contributed by atoms with Crippen molar-refractivity contribution in [2.45, 2.75) is 80.4 Å². The van der Waals surface area contributed by atoms with Crippen LogP contribution in [0.15, 0.2) is 97.1 Å². The molecule has 0 aliphatic rings. The molecule has 0 saturated heterocycles. The van der Waals surface area contributed by atoms with E-state index < -0.39 is 0 Å². The SMILES string of the molecule is CCc1c2ccccc2c([C@H](O[C@@H](c2c3ccccc3c(CC)c3ccccc23)C(C)(C)C)C(C)(C)C)c2ccccc12. The first kappa shape index (κ1) is 29.4. The first-order valence-corrected chi connectivity index (χ1v) is 16.1. The summed E-state index contributed by atoms with van der Waals surface area (Å²) >= 11 is 0. The van der Waals surface area contributed by atoms with Crippen molar-refractivity contribution in [3.8, 4) is 0 Å². The van der Waals surface area contributed by atoms with Gasteiger partial charge in [-0.25, -0.2) is 0 Å². The van der Waals surface area contributed by atoms with E-state index in [1.54, 1.807) is 0 Å². The molecule has 6 aromatic carbocycles. The molecular weight excluding hydrogens is 520 g/mol. The minimum Gasteiger partial charge on any atom is -0.364 e. The third-order valence-electron chi connectivity index (χ3n) is 9.25. The first-order chi connectivity index (χ1) is 20.6. The molecular formula is C42H46O. The van der Waals surface area contributed by atoms with Crippen LogP contribution in [-0.2, 0) is 17.6 Å². The molecule has 0 aliphatic carbocycles. The van der Waals surface area contributed by atoms with E-state index in [2.05, 4.69) is 152 Å². The zero-order valence-electron chi connectivity index (χ0n) is 27.2. The molecule has 0 saturated carbocycles. The molecule has 0 radical (unpaired) electrons. The monoisotopic (exact) mass is 566 g/mol. The van der Waals surface area contributed by atoms with Crippen molar-refractivity contribution in [1.29, 1.82) is 0 Å². The summed E-state index contributed by atoms with van der Waals surface area (Å²) in [5.74, 6) is 0. The quantitative estimate of drug-likeness (QED) is 0.182. The largest absolute Gasteiger partial charge is 0.364 e. The van der Waals surface area contributed by atoms with Gasteiger partial charge in [-0.1, -0.05) is 152 Å². The maximum absolute atomic E-state index is 7.73. The lowest BCUT2D eigenvalue weighted by molar-refractivity contribution is -0.110. The van der Waals surface area contributed by atoms with Crippen LogP contribution < -0.4 is 0 Å². The number of hydrogen-bond acceptors (Lipinski definition) is 1. The van der Waals surface area contributed by atoms with Gasteiger partial charge < -0.3 is 4.74 Å². The third kappa shape index (κ3) is 5.02. The van der Waals surface area contributed by atoms with E-state index in [9.17, 15) is 0 Å². The standard InChI is InChI=1S/C42H46O/c1-9-27-29-19-11-15-23-33(29)37(34-24-16-12-20-30(27)34)39(41(3,4)5)43-40(42(6,7)8)38-35-25-17-13-21-31(35)28(10-2)32-22-14-18-26-36(32)38/h11-26,39-40H,9-10H2,1-8H3/t39-,40-/m0/s1. The predicted octanol–water partition coefficient (Wildman–Crippen LogP) is 12.3. The van der Waals surface area contributed by atoms with E-state index in [0.717, 1.165) is 12.8 Å². The topological polar surface area (TPSA) is 9.23 Å². The van der Waals surface area contributed by atoms with Crippen LogP contribution in [0, 0.1) is 10.8 Å². The Hall–Kier alpha value is -3.68. The fraction of sp³-hybridized carbons (Fsp3) is 0.333. The summed E-state index contributed by atoms with van der Waals surface area (Å²) in [5, 5.41) is 10.6. The summed E-state index contributed by atoms with van der Waals surface area (Å²) in [5.41, 5.74) is 5.15.